The summed E-state index contributed by atoms with van der Waals surface area (Å²) < 4.78 is 1.10. The fourth-order valence-electron chi connectivity index (χ4n) is 3.41. The summed E-state index contributed by atoms with van der Waals surface area (Å²) in [4.78, 5) is 15.0. The van der Waals surface area contributed by atoms with Crippen LogP contribution in [0.5, 0.6) is 0 Å². The average Bonchev–Trinajstić information content (AvgIpc) is 3.11. The number of carbonyl (C=O) groups excluding carboxylic acids is 1. The first-order valence-electron chi connectivity index (χ1n) is 7.97. The lowest BCUT2D eigenvalue weighted by Gasteiger charge is -2.28. The maximum atomic E-state index is 12.8. The van der Waals surface area contributed by atoms with Crippen LogP contribution < -0.4 is 5.32 Å². The zero-order valence-electron chi connectivity index (χ0n) is 12.9. The van der Waals surface area contributed by atoms with Gasteiger partial charge in [0.25, 0.3) is 0 Å². The number of carbonyl (C=O) groups is 1. The minimum absolute atomic E-state index is 0. The van der Waals surface area contributed by atoms with Crippen molar-refractivity contribution in [2.24, 2.45) is 5.92 Å². The molecule has 1 amide bonds. The van der Waals surface area contributed by atoms with Crippen molar-refractivity contribution in [1.82, 2.24) is 10.2 Å². The minimum Gasteiger partial charge on any atom is -0.338 e. The van der Waals surface area contributed by atoms with Crippen molar-refractivity contribution in [1.29, 1.82) is 0 Å². The van der Waals surface area contributed by atoms with Gasteiger partial charge in [-0.15, -0.1) is 12.4 Å². The Morgan fingerprint density at radius 3 is 2.91 bits per heavy atom. The van der Waals surface area contributed by atoms with Gasteiger partial charge in [-0.2, -0.15) is 0 Å². The molecular weight excluding hydrogens is 364 g/mol. The van der Waals surface area contributed by atoms with Crippen LogP contribution in [0.15, 0.2) is 28.7 Å². The summed E-state index contributed by atoms with van der Waals surface area (Å²) >= 11 is 3.52. The van der Waals surface area contributed by atoms with Crippen molar-refractivity contribution < 1.29 is 4.79 Å². The standard InChI is InChI=1S/C17H23BrN2O.ClH/c1-2-8-20(14-6-7-19-11-14)17(21)16-10-15(16)12-4-3-5-13(18)9-12;/h3-5,9,14-16,19H,2,6-8,10-11H2,1H3;1H. The van der Waals surface area contributed by atoms with Crippen LogP contribution in [0.4, 0.5) is 0 Å². The highest BCUT2D eigenvalue weighted by Gasteiger charge is 2.46. The number of hydrogen-bond donors (Lipinski definition) is 1. The Bertz CT molecular complexity index is 519. The largest absolute Gasteiger partial charge is 0.338 e. The van der Waals surface area contributed by atoms with Gasteiger partial charge in [-0.05, 0) is 49.4 Å². The van der Waals surface area contributed by atoms with Gasteiger partial charge in [0.05, 0.1) is 0 Å². The van der Waals surface area contributed by atoms with Crippen LogP contribution in [0.25, 0.3) is 0 Å². The first-order valence-corrected chi connectivity index (χ1v) is 8.76. The molecule has 0 aromatic heterocycles. The Morgan fingerprint density at radius 1 is 1.45 bits per heavy atom. The molecule has 122 valence electrons. The van der Waals surface area contributed by atoms with E-state index in [4.69, 9.17) is 0 Å². The molecule has 1 aromatic carbocycles. The molecule has 0 bridgehead atoms. The highest BCUT2D eigenvalue weighted by atomic mass is 79.9. The van der Waals surface area contributed by atoms with E-state index in [0.717, 1.165) is 43.4 Å². The normalized spacial score (nSPS) is 26.4. The molecule has 3 nitrogen and oxygen atoms in total. The van der Waals surface area contributed by atoms with Gasteiger partial charge in [0, 0.05) is 29.5 Å². The van der Waals surface area contributed by atoms with Crippen LogP contribution in [0.2, 0.25) is 0 Å². The molecule has 1 saturated carbocycles. The summed E-state index contributed by atoms with van der Waals surface area (Å²) in [6.45, 7) is 5.05. The third-order valence-electron chi connectivity index (χ3n) is 4.61. The van der Waals surface area contributed by atoms with Gasteiger partial charge in [0.2, 0.25) is 5.91 Å². The number of amides is 1. The van der Waals surface area contributed by atoms with Crippen LogP contribution in [0.1, 0.15) is 37.7 Å². The van der Waals surface area contributed by atoms with E-state index in [0.29, 0.717) is 17.9 Å². The highest BCUT2D eigenvalue weighted by molar-refractivity contribution is 9.10. The van der Waals surface area contributed by atoms with Crippen molar-refractivity contribution in [3.63, 3.8) is 0 Å². The molecule has 3 atom stereocenters. The summed E-state index contributed by atoms with van der Waals surface area (Å²) in [6.07, 6.45) is 3.15. The SMILES string of the molecule is CCCN(C(=O)C1CC1c1cccc(Br)c1)C1CCNC1.Cl. The van der Waals surface area contributed by atoms with Crippen molar-refractivity contribution >= 4 is 34.2 Å². The Morgan fingerprint density at radius 2 is 2.27 bits per heavy atom. The lowest BCUT2D eigenvalue weighted by molar-refractivity contribution is -0.134. The summed E-state index contributed by atoms with van der Waals surface area (Å²) in [5.41, 5.74) is 1.30. The fourth-order valence-corrected chi connectivity index (χ4v) is 3.82. The third-order valence-corrected chi connectivity index (χ3v) is 5.10. The number of rotatable bonds is 5. The Kier molecular flexibility index (Phi) is 6.30. The van der Waals surface area contributed by atoms with Crippen molar-refractivity contribution in [3.05, 3.63) is 34.3 Å². The van der Waals surface area contributed by atoms with Crippen molar-refractivity contribution in [3.8, 4) is 0 Å². The number of hydrogen-bond acceptors (Lipinski definition) is 2. The summed E-state index contributed by atoms with van der Waals surface area (Å²) in [7, 11) is 0. The molecule has 1 saturated heterocycles. The lowest BCUT2D eigenvalue weighted by atomic mass is 10.1. The van der Waals surface area contributed by atoms with Crippen LogP contribution in [-0.4, -0.2) is 36.5 Å². The zero-order valence-corrected chi connectivity index (χ0v) is 15.3. The van der Waals surface area contributed by atoms with Gasteiger partial charge in [-0.3, -0.25) is 4.79 Å². The highest BCUT2D eigenvalue weighted by Crippen LogP contribution is 2.49. The Labute approximate surface area is 147 Å². The predicted molar refractivity (Wildman–Crippen MR) is 95.5 cm³/mol. The molecule has 2 aliphatic rings. The van der Waals surface area contributed by atoms with E-state index in [1.54, 1.807) is 0 Å². The van der Waals surface area contributed by atoms with Crippen LogP contribution in [0.3, 0.4) is 0 Å². The molecule has 1 heterocycles. The Hall–Kier alpha value is -0.580. The molecule has 22 heavy (non-hydrogen) atoms. The third kappa shape index (κ3) is 3.84. The number of halogens is 2. The first kappa shape index (κ1) is 17.8. The van der Waals surface area contributed by atoms with Gasteiger partial charge >= 0.3 is 0 Å². The van der Waals surface area contributed by atoms with E-state index in [9.17, 15) is 4.79 Å². The fraction of sp³-hybridized carbons (Fsp3) is 0.588. The second-order valence-electron chi connectivity index (χ2n) is 6.18. The van der Waals surface area contributed by atoms with Gasteiger partial charge in [-0.1, -0.05) is 35.0 Å². The van der Waals surface area contributed by atoms with E-state index < -0.39 is 0 Å². The van der Waals surface area contributed by atoms with E-state index in [-0.39, 0.29) is 18.3 Å². The molecular formula is C17H24BrClN2O. The molecule has 2 fully saturated rings. The molecule has 1 N–H and O–H groups in total. The second-order valence-corrected chi connectivity index (χ2v) is 7.10. The lowest BCUT2D eigenvalue weighted by Crippen LogP contribution is -2.43. The molecule has 5 heteroatoms. The summed E-state index contributed by atoms with van der Waals surface area (Å²) in [5.74, 6) is 0.991. The van der Waals surface area contributed by atoms with E-state index >= 15 is 0 Å². The van der Waals surface area contributed by atoms with Crippen LogP contribution in [0, 0.1) is 5.92 Å². The monoisotopic (exact) mass is 386 g/mol. The molecule has 1 aliphatic heterocycles. The zero-order chi connectivity index (χ0) is 14.8. The minimum atomic E-state index is 0. The maximum absolute atomic E-state index is 12.8. The number of nitrogens with one attached hydrogen (secondary N) is 1. The van der Waals surface area contributed by atoms with Crippen LogP contribution in [-0.2, 0) is 4.79 Å². The average molecular weight is 388 g/mol. The molecule has 3 rings (SSSR count). The van der Waals surface area contributed by atoms with Crippen molar-refractivity contribution in [2.45, 2.75) is 38.1 Å². The van der Waals surface area contributed by atoms with E-state index in [1.165, 1.54) is 5.56 Å². The molecule has 1 aromatic rings. The van der Waals surface area contributed by atoms with E-state index in [1.807, 2.05) is 6.07 Å². The molecule has 3 unspecified atom stereocenters. The molecule has 0 spiro atoms. The van der Waals surface area contributed by atoms with E-state index in [2.05, 4.69) is 51.3 Å². The molecule has 1 aliphatic carbocycles. The summed E-state index contributed by atoms with van der Waals surface area (Å²) in [5, 5.41) is 3.38. The number of nitrogens with zero attached hydrogens (tertiary/aromatic N) is 1. The van der Waals surface area contributed by atoms with Gasteiger partial charge < -0.3 is 10.2 Å². The van der Waals surface area contributed by atoms with Crippen molar-refractivity contribution in [2.75, 3.05) is 19.6 Å². The second kappa shape index (κ2) is 7.80. The topological polar surface area (TPSA) is 32.3 Å². The smallest absolute Gasteiger partial charge is 0.226 e. The quantitative estimate of drug-likeness (QED) is 0.837. The van der Waals surface area contributed by atoms with Gasteiger partial charge in [0.1, 0.15) is 0 Å². The Balaban J connectivity index is 0.00000176. The predicted octanol–water partition coefficient (Wildman–Crippen LogP) is 3.57. The summed E-state index contributed by atoms with van der Waals surface area (Å²) in [6, 6.07) is 8.80. The molecule has 0 radical (unpaired) electrons. The number of benzene rings is 1. The van der Waals surface area contributed by atoms with Crippen LogP contribution >= 0.6 is 28.3 Å². The van der Waals surface area contributed by atoms with Gasteiger partial charge in [0.15, 0.2) is 0 Å². The van der Waals surface area contributed by atoms with Gasteiger partial charge in [-0.25, -0.2) is 0 Å². The maximum Gasteiger partial charge on any atom is 0.226 e. The first-order chi connectivity index (χ1) is 10.2.